The lowest BCUT2D eigenvalue weighted by molar-refractivity contribution is 1.14. The van der Waals surface area contributed by atoms with Gasteiger partial charge in [0.2, 0.25) is 0 Å². The van der Waals surface area contributed by atoms with Gasteiger partial charge < -0.3 is 4.90 Å². The molecule has 0 N–H and O–H groups in total. The third-order valence-electron chi connectivity index (χ3n) is 8.93. The average molecular weight is 616 g/mol. The van der Waals surface area contributed by atoms with Crippen LogP contribution in [0, 0.1) is 0 Å². The molecule has 0 aliphatic carbocycles. The maximum atomic E-state index is 4.86. The molecule has 4 aromatic heterocycles. The van der Waals surface area contributed by atoms with Crippen molar-refractivity contribution < 1.29 is 0 Å². The lowest BCUT2D eigenvalue weighted by atomic mass is 10.0. The second kappa shape index (κ2) is 11.6. The molecule has 0 bridgehead atoms. The molecule has 5 aromatic carbocycles. The largest absolute Gasteiger partial charge is 0.310 e. The summed E-state index contributed by atoms with van der Waals surface area (Å²) in [5.74, 6) is 0. The highest BCUT2D eigenvalue weighted by Crippen LogP contribution is 2.39. The molecule has 4 heterocycles. The van der Waals surface area contributed by atoms with E-state index in [9.17, 15) is 0 Å². The number of nitrogens with zero attached hydrogens (tertiary/aromatic N) is 5. The van der Waals surface area contributed by atoms with Gasteiger partial charge in [0.25, 0.3) is 0 Å². The van der Waals surface area contributed by atoms with Crippen molar-refractivity contribution in [2.45, 2.75) is 0 Å². The van der Waals surface area contributed by atoms with Gasteiger partial charge in [0, 0.05) is 56.9 Å². The lowest BCUT2D eigenvalue weighted by Crippen LogP contribution is -2.09. The van der Waals surface area contributed by atoms with E-state index in [-0.39, 0.29) is 0 Å². The van der Waals surface area contributed by atoms with Gasteiger partial charge in [-0.3, -0.25) is 9.55 Å². The van der Waals surface area contributed by atoms with E-state index in [1.54, 1.807) is 6.20 Å². The zero-order valence-electron chi connectivity index (χ0n) is 26.0. The Kier molecular flexibility index (Phi) is 6.72. The van der Waals surface area contributed by atoms with Crippen molar-refractivity contribution in [3.63, 3.8) is 0 Å². The molecule has 48 heavy (non-hydrogen) atoms. The molecule has 0 saturated heterocycles. The Bertz CT molecular complexity index is 2500. The number of pyridine rings is 3. The average Bonchev–Trinajstić information content (AvgIpc) is 3.49. The van der Waals surface area contributed by atoms with Gasteiger partial charge in [-0.25, -0.2) is 9.97 Å². The van der Waals surface area contributed by atoms with Crippen LogP contribution in [-0.4, -0.2) is 19.5 Å². The Morgan fingerprint density at radius 3 is 1.92 bits per heavy atom. The maximum absolute atomic E-state index is 4.86. The van der Waals surface area contributed by atoms with Crippen molar-refractivity contribution in [3.05, 3.63) is 176 Å². The molecule has 0 aliphatic rings. The molecule has 0 radical (unpaired) electrons. The summed E-state index contributed by atoms with van der Waals surface area (Å²) in [5, 5.41) is 3.36. The summed E-state index contributed by atoms with van der Waals surface area (Å²) in [7, 11) is 0. The molecular formula is C43H29N5. The van der Waals surface area contributed by atoms with Crippen LogP contribution in [0.15, 0.2) is 176 Å². The van der Waals surface area contributed by atoms with Gasteiger partial charge >= 0.3 is 0 Å². The molecule has 0 amide bonds. The maximum Gasteiger partial charge on any atom is 0.145 e. The van der Waals surface area contributed by atoms with Crippen LogP contribution in [0.5, 0.6) is 0 Å². The second-order valence-electron chi connectivity index (χ2n) is 11.8. The normalized spacial score (nSPS) is 11.3. The van der Waals surface area contributed by atoms with Gasteiger partial charge in [0.1, 0.15) is 5.65 Å². The number of para-hydroxylation sites is 2. The molecular weight excluding hydrogens is 587 g/mol. The van der Waals surface area contributed by atoms with Crippen LogP contribution in [0.3, 0.4) is 0 Å². The van der Waals surface area contributed by atoms with Crippen LogP contribution < -0.4 is 4.90 Å². The molecule has 0 unspecified atom stereocenters. The van der Waals surface area contributed by atoms with E-state index < -0.39 is 0 Å². The quantitative estimate of drug-likeness (QED) is 0.187. The van der Waals surface area contributed by atoms with Crippen LogP contribution in [0.1, 0.15) is 0 Å². The van der Waals surface area contributed by atoms with Crippen molar-refractivity contribution in [2.75, 3.05) is 4.90 Å². The van der Waals surface area contributed by atoms with E-state index in [2.05, 4.69) is 160 Å². The van der Waals surface area contributed by atoms with E-state index in [1.807, 2.05) is 24.5 Å². The fourth-order valence-corrected chi connectivity index (χ4v) is 6.60. The molecule has 9 rings (SSSR count). The number of rotatable bonds is 6. The highest BCUT2D eigenvalue weighted by Gasteiger charge is 2.17. The van der Waals surface area contributed by atoms with Crippen molar-refractivity contribution in [3.8, 4) is 28.1 Å². The summed E-state index contributed by atoms with van der Waals surface area (Å²) >= 11 is 0. The Balaban J connectivity index is 1.08. The first-order chi connectivity index (χ1) is 23.8. The lowest BCUT2D eigenvalue weighted by Gasteiger charge is -2.25. The first-order valence-corrected chi connectivity index (χ1v) is 16.0. The number of hydrogen-bond donors (Lipinski definition) is 0. The molecule has 0 fully saturated rings. The van der Waals surface area contributed by atoms with Crippen molar-refractivity contribution in [1.82, 2.24) is 19.5 Å². The summed E-state index contributed by atoms with van der Waals surface area (Å²) in [6.07, 6.45) is 5.48. The zero-order chi connectivity index (χ0) is 31.9. The standard InChI is InChI=1S/C43H29N5/c1-3-8-34(9-4-1)47(35-10-5-2-6-11-35)37-22-24-42-39(28-37)38-12-7-26-45-43(38)48(42)36-20-17-31(18-21-36)30-13-15-32(16-14-30)40-23-19-33-25-27-44-29-41(33)46-40/h1-29H. The molecule has 5 nitrogen and oxygen atoms in total. The van der Waals surface area contributed by atoms with Crippen molar-refractivity contribution in [1.29, 1.82) is 0 Å². The van der Waals surface area contributed by atoms with Gasteiger partial charge in [-0.1, -0.05) is 78.9 Å². The van der Waals surface area contributed by atoms with Gasteiger partial charge in [-0.2, -0.15) is 0 Å². The summed E-state index contributed by atoms with van der Waals surface area (Å²) in [6.45, 7) is 0. The van der Waals surface area contributed by atoms with Gasteiger partial charge in [-0.15, -0.1) is 0 Å². The van der Waals surface area contributed by atoms with Gasteiger partial charge in [0.05, 0.1) is 22.9 Å². The SMILES string of the molecule is c1ccc(N(c2ccccc2)c2ccc3c(c2)c2cccnc2n3-c2ccc(-c3ccc(-c4ccc5ccncc5n4)cc3)cc2)cc1. The van der Waals surface area contributed by atoms with Crippen LogP contribution in [0.25, 0.3) is 60.9 Å². The van der Waals surface area contributed by atoms with E-state index in [0.717, 1.165) is 78.0 Å². The third-order valence-corrected chi connectivity index (χ3v) is 8.93. The monoisotopic (exact) mass is 615 g/mol. The van der Waals surface area contributed by atoms with E-state index in [4.69, 9.17) is 9.97 Å². The number of benzene rings is 5. The van der Waals surface area contributed by atoms with Crippen LogP contribution in [0.4, 0.5) is 17.1 Å². The Hall–Kier alpha value is -6.59. The third kappa shape index (κ3) is 4.86. The number of fused-ring (bicyclic) bond motifs is 4. The molecule has 5 heteroatoms. The highest BCUT2D eigenvalue weighted by molar-refractivity contribution is 6.09. The first-order valence-electron chi connectivity index (χ1n) is 16.0. The fraction of sp³-hybridized carbons (Fsp3) is 0. The fourth-order valence-electron chi connectivity index (χ4n) is 6.60. The van der Waals surface area contributed by atoms with Crippen molar-refractivity contribution >= 4 is 49.9 Å². The molecule has 9 aromatic rings. The van der Waals surface area contributed by atoms with E-state index >= 15 is 0 Å². The smallest absolute Gasteiger partial charge is 0.145 e. The molecule has 0 spiro atoms. The molecule has 0 aliphatic heterocycles. The van der Waals surface area contributed by atoms with E-state index in [0.29, 0.717) is 0 Å². The Morgan fingerprint density at radius 1 is 0.500 bits per heavy atom. The Morgan fingerprint density at radius 2 is 1.19 bits per heavy atom. The summed E-state index contributed by atoms with van der Waals surface area (Å²) < 4.78 is 2.26. The van der Waals surface area contributed by atoms with Crippen LogP contribution in [0.2, 0.25) is 0 Å². The first kappa shape index (κ1) is 27.7. The Labute approximate surface area is 278 Å². The van der Waals surface area contributed by atoms with E-state index in [1.165, 1.54) is 0 Å². The minimum absolute atomic E-state index is 0.898. The number of aromatic nitrogens is 4. The molecule has 0 atom stereocenters. The topological polar surface area (TPSA) is 46.8 Å². The molecule has 226 valence electrons. The van der Waals surface area contributed by atoms with Crippen LogP contribution >= 0.6 is 0 Å². The second-order valence-corrected chi connectivity index (χ2v) is 11.8. The van der Waals surface area contributed by atoms with Crippen LogP contribution in [-0.2, 0) is 0 Å². The minimum Gasteiger partial charge on any atom is -0.310 e. The zero-order valence-corrected chi connectivity index (χ0v) is 26.0. The van der Waals surface area contributed by atoms with Gasteiger partial charge in [0.15, 0.2) is 0 Å². The summed E-state index contributed by atoms with van der Waals surface area (Å²) in [5.41, 5.74) is 11.7. The predicted octanol–water partition coefficient (Wildman–Crippen LogP) is 10.9. The minimum atomic E-state index is 0.898. The number of hydrogen-bond acceptors (Lipinski definition) is 4. The van der Waals surface area contributed by atoms with Crippen molar-refractivity contribution in [2.24, 2.45) is 0 Å². The number of anilines is 3. The predicted molar refractivity (Wildman–Crippen MR) is 197 cm³/mol. The summed E-state index contributed by atoms with van der Waals surface area (Å²) in [4.78, 5) is 16.2. The summed E-state index contributed by atoms with van der Waals surface area (Å²) in [6, 6.07) is 55.4. The highest BCUT2D eigenvalue weighted by atomic mass is 15.1. The molecule has 0 saturated carbocycles. The van der Waals surface area contributed by atoms with Gasteiger partial charge in [-0.05, 0) is 90.0 Å².